The highest BCUT2D eigenvalue weighted by atomic mass is 32.1. The molecule has 2 aromatic carbocycles. The number of H-pyrrole nitrogens is 1. The van der Waals surface area contributed by atoms with E-state index < -0.39 is 17.6 Å². The first kappa shape index (κ1) is 43.7. The molecule has 5 aromatic rings. The summed E-state index contributed by atoms with van der Waals surface area (Å²) in [5.74, 6) is 1.07. The number of hydrogen-bond donors (Lipinski definition) is 3. The zero-order valence-electron chi connectivity index (χ0n) is 37.6. The van der Waals surface area contributed by atoms with Crippen LogP contribution in [-0.2, 0) is 14.3 Å². The molecule has 3 saturated heterocycles. The number of hydrogen-bond acceptors (Lipinski definition) is 10. The number of fused-ring (bicyclic) bond motifs is 5. The molecule has 0 radical (unpaired) electrons. The first-order valence-corrected chi connectivity index (χ1v) is 23.4. The second kappa shape index (κ2) is 17.8. The highest BCUT2D eigenvalue weighted by Gasteiger charge is 2.38. The van der Waals surface area contributed by atoms with Crippen LogP contribution in [-0.4, -0.2) is 101 Å². The highest BCUT2D eigenvalue weighted by molar-refractivity contribution is 7.12. The number of carbonyl (C=O) groups excluding carboxylic acids is 2. The van der Waals surface area contributed by atoms with Gasteiger partial charge in [-0.3, -0.25) is 19.3 Å². The van der Waals surface area contributed by atoms with Gasteiger partial charge in [0.25, 0.3) is 0 Å². The number of nitrogens with zero attached hydrogens (tertiary/aromatic N) is 5. The SMILES string of the molecule is C=N/C=C(\NC[C@@H]1CCCN1C(=O)C(NC)C1CCOCC1)c1cc(F)c2c(c1)OC(c1cc(C)c(C)s1)n1c-2cc2cc(-c3cnc([C@@H]4CCCN4C(=O)OC(C)(C)C)[nH]3)ccc21. The zero-order chi connectivity index (χ0) is 44.9. The van der Waals surface area contributed by atoms with Crippen molar-refractivity contribution >= 4 is 46.7 Å². The minimum atomic E-state index is -0.593. The van der Waals surface area contributed by atoms with Crippen molar-refractivity contribution in [1.82, 2.24) is 35.0 Å². The van der Waals surface area contributed by atoms with E-state index >= 15 is 4.39 Å². The molecule has 3 N–H and O–H groups in total. The number of rotatable bonds is 11. The molecular formula is C49H59FN8O5S. The van der Waals surface area contributed by atoms with Crippen LogP contribution in [0.3, 0.4) is 0 Å². The van der Waals surface area contributed by atoms with Crippen LogP contribution in [0.2, 0.25) is 0 Å². The number of benzene rings is 2. The third-order valence-corrected chi connectivity index (χ3v) is 14.4. The van der Waals surface area contributed by atoms with E-state index in [-0.39, 0.29) is 36.0 Å². The Hall–Kier alpha value is -5.51. The molecule has 0 bridgehead atoms. The molecular weight excluding hydrogens is 832 g/mol. The molecule has 7 heterocycles. The second-order valence-electron chi connectivity index (χ2n) is 18.5. The van der Waals surface area contributed by atoms with Crippen LogP contribution in [0.25, 0.3) is 39.1 Å². The summed E-state index contributed by atoms with van der Waals surface area (Å²) >= 11 is 1.67. The maximum Gasteiger partial charge on any atom is 0.410 e. The summed E-state index contributed by atoms with van der Waals surface area (Å²) in [7, 11) is 1.87. The Bertz CT molecular complexity index is 2580. The summed E-state index contributed by atoms with van der Waals surface area (Å²) in [4.78, 5) is 45.3. The lowest BCUT2D eigenvalue weighted by molar-refractivity contribution is -0.136. The number of nitrogens with one attached hydrogen (secondary N) is 3. The van der Waals surface area contributed by atoms with Crippen LogP contribution in [0.4, 0.5) is 9.18 Å². The van der Waals surface area contributed by atoms with Gasteiger partial charge < -0.3 is 34.7 Å². The minimum absolute atomic E-state index is 0.0339. The Balaban J connectivity index is 1.01. The van der Waals surface area contributed by atoms with Crippen molar-refractivity contribution in [3.63, 3.8) is 0 Å². The van der Waals surface area contributed by atoms with Crippen molar-refractivity contribution in [2.75, 3.05) is 39.9 Å². The molecule has 4 aliphatic rings. The molecule has 9 rings (SSSR count). The summed E-state index contributed by atoms with van der Waals surface area (Å²) in [5.41, 5.74) is 5.45. The van der Waals surface area contributed by atoms with E-state index in [1.807, 2.05) is 57.1 Å². The number of imidazole rings is 1. The number of amides is 2. The summed E-state index contributed by atoms with van der Waals surface area (Å²) < 4.78 is 37.2. The maximum absolute atomic E-state index is 16.9. The molecule has 0 aliphatic carbocycles. The number of likely N-dealkylation sites (tertiary alicyclic amines) is 2. The highest BCUT2D eigenvalue weighted by Crippen LogP contribution is 2.48. The van der Waals surface area contributed by atoms with E-state index in [0.717, 1.165) is 77.0 Å². The molecule has 2 unspecified atom stereocenters. The fourth-order valence-electron chi connectivity index (χ4n) is 9.92. The van der Waals surface area contributed by atoms with Crippen molar-refractivity contribution in [3.8, 4) is 28.3 Å². The number of aryl methyl sites for hydroxylation is 2. The van der Waals surface area contributed by atoms with Gasteiger partial charge in [-0.2, -0.15) is 0 Å². The summed E-state index contributed by atoms with van der Waals surface area (Å²) in [5, 5.41) is 7.74. The van der Waals surface area contributed by atoms with Crippen LogP contribution < -0.4 is 15.4 Å². The van der Waals surface area contributed by atoms with Gasteiger partial charge >= 0.3 is 6.09 Å². The van der Waals surface area contributed by atoms with Gasteiger partial charge in [0, 0.05) is 66.5 Å². The smallest absolute Gasteiger partial charge is 0.410 e. The van der Waals surface area contributed by atoms with Gasteiger partial charge in [0.05, 0.1) is 51.3 Å². The van der Waals surface area contributed by atoms with E-state index in [9.17, 15) is 9.59 Å². The average Bonchev–Trinajstić information content (AvgIpc) is 4.12. The van der Waals surface area contributed by atoms with Crippen molar-refractivity contribution < 1.29 is 28.2 Å². The fourth-order valence-corrected chi connectivity index (χ4v) is 11.0. The quantitative estimate of drug-likeness (QED) is 0.112. The van der Waals surface area contributed by atoms with Gasteiger partial charge in [0.2, 0.25) is 12.1 Å². The number of ether oxygens (including phenoxy) is 3. The summed E-state index contributed by atoms with van der Waals surface area (Å²) in [6.07, 6.45) is 7.68. The van der Waals surface area contributed by atoms with Crippen molar-refractivity contribution in [3.05, 3.63) is 87.4 Å². The lowest BCUT2D eigenvalue weighted by Crippen LogP contribution is -2.53. The Kier molecular flexibility index (Phi) is 12.2. The predicted molar refractivity (Wildman–Crippen MR) is 249 cm³/mol. The topological polar surface area (TPSA) is 138 Å². The molecule has 2 amide bonds. The van der Waals surface area contributed by atoms with Crippen molar-refractivity contribution in [1.29, 1.82) is 0 Å². The van der Waals surface area contributed by atoms with Crippen LogP contribution in [0.5, 0.6) is 5.75 Å². The van der Waals surface area contributed by atoms with Gasteiger partial charge in [0.1, 0.15) is 23.0 Å². The second-order valence-corrected chi connectivity index (χ2v) is 19.8. The molecule has 3 fully saturated rings. The lowest BCUT2D eigenvalue weighted by atomic mass is 9.90. The largest absolute Gasteiger partial charge is 0.464 e. The minimum Gasteiger partial charge on any atom is -0.464 e. The first-order chi connectivity index (χ1) is 30.8. The van der Waals surface area contributed by atoms with E-state index in [2.05, 4.69) is 63.9 Å². The Morgan fingerprint density at radius 3 is 2.59 bits per heavy atom. The van der Waals surface area contributed by atoms with Crippen molar-refractivity contribution in [2.45, 2.75) is 103 Å². The van der Waals surface area contributed by atoms with Gasteiger partial charge in [-0.1, -0.05) is 6.07 Å². The van der Waals surface area contributed by atoms with E-state index in [1.165, 1.54) is 10.9 Å². The third kappa shape index (κ3) is 8.45. The standard InChI is InChI=1S/C49H59FN8O5S/c1-28-20-42(64-29(28)2)47-58-38-13-12-31(37-27-54-45(55-37)39-11-9-17-57(39)48(60)63-49(3,4)5)21-33(38)23-40(58)43-35(50)22-32(24-41(43)62-47)36(26-51-6)53-25-34-10-8-16-56(34)46(59)44(52-7)30-14-18-61-19-15-30/h12-13,20-24,26-27,30,34,39,44,47,52-53H,6,8-11,14-19,25H2,1-5,7H3,(H,54,55)/b36-26-/t34-,39-,44?,47?/m0/s1. The average molecular weight is 891 g/mol. The molecule has 4 aliphatic heterocycles. The Labute approximate surface area is 378 Å². The molecule has 0 saturated carbocycles. The Morgan fingerprint density at radius 2 is 1.86 bits per heavy atom. The third-order valence-electron chi connectivity index (χ3n) is 13.2. The zero-order valence-corrected chi connectivity index (χ0v) is 38.4. The predicted octanol–water partition coefficient (Wildman–Crippen LogP) is 9.12. The van der Waals surface area contributed by atoms with E-state index in [1.54, 1.807) is 22.4 Å². The molecule has 3 aromatic heterocycles. The van der Waals surface area contributed by atoms with Gasteiger partial charge in [0.15, 0.2) is 0 Å². The van der Waals surface area contributed by atoms with Crippen LogP contribution in [0.1, 0.15) is 98.3 Å². The summed E-state index contributed by atoms with van der Waals surface area (Å²) in [6.45, 7) is 16.7. The Morgan fingerprint density at radius 1 is 1.08 bits per heavy atom. The van der Waals surface area contributed by atoms with Crippen LogP contribution in [0.15, 0.2) is 59.9 Å². The maximum atomic E-state index is 16.9. The lowest BCUT2D eigenvalue weighted by Gasteiger charge is -2.34. The van der Waals surface area contributed by atoms with Crippen LogP contribution >= 0.6 is 11.3 Å². The summed E-state index contributed by atoms with van der Waals surface area (Å²) in [6, 6.07) is 13.3. The number of carbonyl (C=O) groups is 2. The monoisotopic (exact) mass is 890 g/mol. The molecule has 15 heteroatoms. The van der Waals surface area contributed by atoms with Gasteiger partial charge in [-0.05, 0) is 135 Å². The fraction of sp³-hybridized carbons (Fsp3) is 0.469. The van der Waals surface area contributed by atoms with Gasteiger partial charge in [-0.15, -0.1) is 11.3 Å². The van der Waals surface area contributed by atoms with Gasteiger partial charge in [-0.25, -0.2) is 14.2 Å². The van der Waals surface area contributed by atoms with Crippen molar-refractivity contribution in [2.24, 2.45) is 10.9 Å². The number of likely N-dealkylation sites (N-methyl/N-ethyl adjacent to an activating group) is 1. The number of aromatic nitrogens is 3. The number of aromatic amines is 1. The van der Waals surface area contributed by atoms with Crippen LogP contribution in [0, 0.1) is 25.6 Å². The molecule has 338 valence electrons. The molecule has 13 nitrogen and oxygen atoms in total. The number of halogens is 1. The van der Waals surface area contributed by atoms with E-state index in [0.29, 0.717) is 61.1 Å². The van der Waals surface area contributed by atoms with E-state index in [4.69, 9.17) is 19.2 Å². The first-order valence-electron chi connectivity index (χ1n) is 22.5. The number of thiophene rings is 1. The number of aliphatic imine (C=N–C) groups is 1. The molecule has 64 heavy (non-hydrogen) atoms. The molecule has 4 atom stereocenters. The molecule has 0 spiro atoms. The normalized spacial score (nSPS) is 20.9.